The maximum Gasteiger partial charge on any atom is 0.325 e. The van der Waals surface area contributed by atoms with E-state index < -0.39 is 36.5 Å². The summed E-state index contributed by atoms with van der Waals surface area (Å²) < 4.78 is 15.2. The molecule has 0 fully saturated rings. The molecule has 2 N–H and O–H groups in total. The lowest BCUT2D eigenvalue weighted by molar-refractivity contribution is -0.151. The van der Waals surface area contributed by atoms with Crippen LogP contribution in [-0.4, -0.2) is 67.7 Å². The van der Waals surface area contributed by atoms with Crippen molar-refractivity contribution in [2.45, 2.75) is 26.3 Å². The summed E-state index contributed by atoms with van der Waals surface area (Å²) in [5, 5.41) is 5.13. The van der Waals surface area contributed by atoms with E-state index in [1.165, 1.54) is 19.2 Å². The summed E-state index contributed by atoms with van der Waals surface area (Å²) in [5.74, 6) is -1.15. The van der Waals surface area contributed by atoms with E-state index in [2.05, 4.69) is 10.6 Å². The minimum atomic E-state index is -0.778. The molecule has 1 aromatic carbocycles. The van der Waals surface area contributed by atoms with Crippen LogP contribution in [0.3, 0.4) is 0 Å². The topological polar surface area (TPSA) is 123 Å². The van der Waals surface area contributed by atoms with Gasteiger partial charge in [-0.25, -0.2) is 0 Å². The predicted octanol–water partition coefficient (Wildman–Crippen LogP) is 0.0614. The molecule has 0 spiro atoms. The molecule has 0 radical (unpaired) electrons. The Balaban J connectivity index is 1.71. The molecular weight excluding hydrogens is 382 g/mol. The summed E-state index contributed by atoms with van der Waals surface area (Å²) in [5.41, 5.74) is -0.119. The number of nitrogens with zero attached hydrogens (tertiary/aromatic N) is 1. The van der Waals surface area contributed by atoms with Crippen LogP contribution in [0, 0.1) is 0 Å². The van der Waals surface area contributed by atoms with Crippen molar-refractivity contribution >= 4 is 23.7 Å². The van der Waals surface area contributed by atoms with Gasteiger partial charge in [-0.3, -0.25) is 19.2 Å². The number of carbonyl (C=O) groups excluding carboxylic acids is 4. The van der Waals surface area contributed by atoms with E-state index >= 15 is 0 Å². The Labute approximate surface area is 168 Å². The highest BCUT2D eigenvalue weighted by Gasteiger charge is 2.20. The fourth-order valence-corrected chi connectivity index (χ4v) is 2.36. The van der Waals surface area contributed by atoms with Gasteiger partial charge in [0.1, 0.15) is 6.54 Å². The van der Waals surface area contributed by atoms with Crippen molar-refractivity contribution in [3.05, 3.63) is 23.8 Å². The van der Waals surface area contributed by atoms with E-state index in [1.807, 2.05) is 20.8 Å². The second-order valence-electron chi connectivity index (χ2n) is 7.46. The Morgan fingerprint density at radius 1 is 1.14 bits per heavy atom. The molecule has 0 aliphatic carbocycles. The molecule has 0 aromatic heterocycles. The molecule has 29 heavy (non-hydrogen) atoms. The predicted molar refractivity (Wildman–Crippen MR) is 101 cm³/mol. The number of carbonyl (C=O) groups is 4. The zero-order valence-electron chi connectivity index (χ0n) is 16.9. The second-order valence-corrected chi connectivity index (χ2v) is 7.46. The second kappa shape index (κ2) is 9.26. The summed E-state index contributed by atoms with van der Waals surface area (Å²) in [6.45, 7) is 4.47. The fourth-order valence-electron chi connectivity index (χ4n) is 2.36. The largest absolute Gasteiger partial charge is 0.454 e. The van der Waals surface area contributed by atoms with Gasteiger partial charge in [-0.15, -0.1) is 0 Å². The molecule has 10 heteroatoms. The molecule has 2 rings (SSSR count). The number of rotatable bonds is 7. The van der Waals surface area contributed by atoms with Crippen molar-refractivity contribution < 1.29 is 33.4 Å². The molecule has 1 aromatic rings. The van der Waals surface area contributed by atoms with Gasteiger partial charge in [0, 0.05) is 18.2 Å². The molecule has 10 nitrogen and oxygen atoms in total. The third-order valence-electron chi connectivity index (χ3n) is 3.71. The Morgan fingerprint density at radius 2 is 1.83 bits per heavy atom. The van der Waals surface area contributed by atoms with Crippen molar-refractivity contribution in [3.8, 4) is 11.5 Å². The molecule has 0 bridgehead atoms. The van der Waals surface area contributed by atoms with Crippen LogP contribution in [0.5, 0.6) is 11.5 Å². The molecular formula is C19H25N3O7. The van der Waals surface area contributed by atoms with Gasteiger partial charge < -0.3 is 29.7 Å². The maximum atomic E-state index is 12.1. The molecule has 158 valence electrons. The Morgan fingerprint density at radius 3 is 2.52 bits per heavy atom. The van der Waals surface area contributed by atoms with Crippen LogP contribution in [0.1, 0.15) is 31.1 Å². The lowest BCUT2D eigenvalue weighted by Gasteiger charge is -2.23. The number of benzene rings is 1. The number of hydrogen-bond donors (Lipinski definition) is 2. The van der Waals surface area contributed by atoms with Crippen LogP contribution in [0.15, 0.2) is 18.2 Å². The van der Waals surface area contributed by atoms with Gasteiger partial charge in [0.2, 0.25) is 12.7 Å². The first-order valence-corrected chi connectivity index (χ1v) is 8.93. The standard InChI is InChI=1S/C19H25N3O7/c1-19(2,3)21-15(23)9-22(4)16(24)10-27-17(25)8-20-18(26)12-5-6-13-14(7-12)29-11-28-13/h5-7H,8-11H2,1-4H3,(H,20,26)(H,21,23). The zero-order chi connectivity index (χ0) is 21.6. The zero-order valence-corrected chi connectivity index (χ0v) is 16.9. The lowest BCUT2D eigenvalue weighted by Crippen LogP contribution is -2.47. The summed E-state index contributed by atoms with van der Waals surface area (Å²) in [4.78, 5) is 48.8. The van der Waals surface area contributed by atoms with Gasteiger partial charge in [-0.2, -0.15) is 0 Å². The Bertz CT molecular complexity index is 801. The van der Waals surface area contributed by atoms with Crippen molar-refractivity contribution in [2.24, 2.45) is 0 Å². The molecule has 3 amide bonds. The van der Waals surface area contributed by atoms with Crippen LogP contribution in [0.4, 0.5) is 0 Å². The Kier molecular flexibility index (Phi) is 7.03. The SMILES string of the molecule is CN(CC(=O)NC(C)(C)C)C(=O)COC(=O)CNC(=O)c1ccc2c(c1)OCO2. The normalized spacial score (nSPS) is 12.1. The number of ether oxygens (including phenoxy) is 3. The number of hydrogen-bond acceptors (Lipinski definition) is 7. The summed E-state index contributed by atoms with van der Waals surface area (Å²) in [6.07, 6.45) is 0. The van der Waals surface area contributed by atoms with E-state index in [0.29, 0.717) is 17.1 Å². The molecule has 1 aliphatic rings. The van der Waals surface area contributed by atoms with Crippen molar-refractivity contribution in [3.63, 3.8) is 0 Å². The highest BCUT2D eigenvalue weighted by Crippen LogP contribution is 2.32. The average molecular weight is 407 g/mol. The molecule has 0 saturated heterocycles. The smallest absolute Gasteiger partial charge is 0.325 e. The van der Waals surface area contributed by atoms with E-state index in [-0.39, 0.29) is 19.2 Å². The van der Waals surface area contributed by atoms with Crippen molar-refractivity contribution in [1.29, 1.82) is 0 Å². The number of amides is 3. The average Bonchev–Trinajstić information content (AvgIpc) is 3.10. The van der Waals surface area contributed by atoms with Crippen LogP contribution in [-0.2, 0) is 19.1 Å². The minimum Gasteiger partial charge on any atom is -0.454 e. The summed E-state index contributed by atoms with van der Waals surface area (Å²) in [6, 6.07) is 4.64. The van der Waals surface area contributed by atoms with E-state index in [4.69, 9.17) is 14.2 Å². The fraction of sp³-hybridized carbons (Fsp3) is 0.474. The third-order valence-corrected chi connectivity index (χ3v) is 3.71. The van der Waals surface area contributed by atoms with Crippen LogP contribution in [0.25, 0.3) is 0 Å². The third kappa shape index (κ3) is 6.98. The van der Waals surface area contributed by atoms with Crippen LogP contribution in [0.2, 0.25) is 0 Å². The highest BCUT2D eigenvalue weighted by molar-refractivity contribution is 5.96. The van der Waals surface area contributed by atoms with E-state index in [1.54, 1.807) is 6.07 Å². The first-order valence-electron chi connectivity index (χ1n) is 8.93. The van der Waals surface area contributed by atoms with E-state index in [0.717, 1.165) is 4.90 Å². The van der Waals surface area contributed by atoms with Crippen LogP contribution < -0.4 is 20.1 Å². The number of likely N-dealkylation sites (N-methyl/N-ethyl adjacent to an activating group) is 1. The van der Waals surface area contributed by atoms with Gasteiger partial charge in [0.25, 0.3) is 11.8 Å². The first kappa shape index (κ1) is 22.0. The van der Waals surface area contributed by atoms with Gasteiger partial charge in [-0.1, -0.05) is 0 Å². The molecule has 1 heterocycles. The minimum absolute atomic E-state index is 0.0903. The first-order chi connectivity index (χ1) is 13.5. The number of nitrogens with one attached hydrogen (secondary N) is 2. The van der Waals surface area contributed by atoms with Gasteiger partial charge in [0.15, 0.2) is 18.1 Å². The van der Waals surface area contributed by atoms with Crippen molar-refractivity contribution in [1.82, 2.24) is 15.5 Å². The van der Waals surface area contributed by atoms with Gasteiger partial charge in [0.05, 0.1) is 6.54 Å². The monoisotopic (exact) mass is 407 g/mol. The Hall–Kier alpha value is -3.30. The van der Waals surface area contributed by atoms with Gasteiger partial charge >= 0.3 is 5.97 Å². The number of esters is 1. The quantitative estimate of drug-likeness (QED) is 0.613. The lowest BCUT2D eigenvalue weighted by atomic mass is 10.1. The summed E-state index contributed by atoms with van der Waals surface area (Å²) >= 11 is 0. The van der Waals surface area contributed by atoms with Crippen LogP contribution >= 0.6 is 0 Å². The molecule has 0 saturated carbocycles. The van der Waals surface area contributed by atoms with Crippen molar-refractivity contribution in [2.75, 3.05) is 33.5 Å². The highest BCUT2D eigenvalue weighted by atomic mass is 16.7. The molecule has 0 unspecified atom stereocenters. The molecule has 0 atom stereocenters. The molecule has 1 aliphatic heterocycles. The van der Waals surface area contributed by atoms with Gasteiger partial charge in [-0.05, 0) is 39.0 Å². The van der Waals surface area contributed by atoms with E-state index in [9.17, 15) is 19.2 Å². The summed E-state index contributed by atoms with van der Waals surface area (Å²) in [7, 11) is 1.43. The number of fused-ring (bicyclic) bond motifs is 1. The maximum absolute atomic E-state index is 12.1.